The summed E-state index contributed by atoms with van der Waals surface area (Å²) in [6.45, 7) is 4.57. The highest BCUT2D eigenvalue weighted by Crippen LogP contribution is 2.03. The van der Waals surface area contributed by atoms with Gasteiger partial charge in [0.2, 0.25) is 0 Å². The molecule has 1 aromatic heterocycles. The van der Waals surface area contributed by atoms with E-state index >= 15 is 0 Å². The summed E-state index contributed by atoms with van der Waals surface area (Å²) < 4.78 is 1.76. The standard InChI is InChI=1S/C10H16N2O2/c1-3-9(13)10(14)5-8-6-11-12(4-2)7-8/h6-7,9,13H,3-5H2,1-2H3. The first-order valence-corrected chi connectivity index (χ1v) is 4.89. The Labute approximate surface area is 83.5 Å². The van der Waals surface area contributed by atoms with Crippen LogP contribution in [0.5, 0.6) is 0 Å². The van der Waals surface area contributed by atoms with Gasteiger partial charge in [-0.05, 0) is 18.9 Å². The molecule has 0 aliphatic carbocycles. The van der Waals surface area contributed by atoms with Crippen LogP contribution in [0.25, 0.3) is 0 Å². The number of hydrogen-bond donors (Lipinski definition) is 1. The summed E-state index contributed by atoms with van der Waals surface area (Å²) in [5.41, 5.74) is 0.865. The zero-order valence-electron chi connectivity index (χ0n) is 8.60. The first-order valence-electron chi connectivity index (χ1n) is 4.89. The molecule has 1 aromatic rings. The maximum Gasteiger partial charge on any atom is 0.165 e. The predicted molar refractivity (Wildman–Crippen MR) is 52.9 cm³/mol. The fraction of sp³-hybridized carbons (Fsp3) is 0.600. The third kappa shape index (κ3) is 2.67. The van der Waals surface area contributed by atoms with Gasteiger partial charge in [0, 0.05) is 19.2 Å². The number of aliphatic hydroxyl groups excluding tert-OH is 1. The van der Waals surface area contributed by atoms with Gasteiger partial charge in [-0.25, -0.2) is 0 Å². The molecular weight excluding hydrogens is 180 g/mol. The van der Waals surface area contributed by atoms with Crippen molar-refractivity contribution in [2.45, 2.75) is 39.3 Å². The minimum absolute atomic E-state index is 0.136. The van der Waals surface area contributed by atoms with Gasteiger partial charge in [0.1, 0.15) is 6.10 Å². The molecule has 4 heteroatoms. The van der Waals surface area contributed by atoms with Crippen LogP contribution in [0, 0.1) is 0 Å². The van der Waals surface area contributed by atoms with Crippen molar-refractivity contribution in [1.29, 1.82) is 0 Å². The normalized spacial score (nSPS) is 12.8. The van der Waals surface area contributed by atoms with Gasteiger partial charge in [0.25, 0.3) is 0 Å². The van der Waals surface area contributed by atoms with Crippen LogP contribution in [0.15, 0.2) is 12.4 Å². The van der Waals surface area contributed by atoms with E-state index in [-0.39, 0.29) is 12.2 Å². The lowest BCUT2D eigenvalue weighted by molar-refractivity contribution is -0.126. The third-order valence-corrected chi connectivity index (χ3v) is 2.15. The van der Waals surface area contributed by atoms with E-state index in [2.05, 4.69) is 5.10 Å². The quantitative estimate of drug-likeness (QED) is 0.757. The monoisotopic (exact) mass is 196 g/mol. The second kappa shape index (κ2) is 4.91. The summed E-state index contributed by atoms with van der Waals surface area (Å²) in [5.74, 6) is -0.136. The molecule has 0 saturated heterocycles. The number of carbonyl (C=O) groups excluding carboxylic acids is 1. The molecule has 0 fully saturated rings. The van der Waals surface area contributed by atoms with E-state index in [0.29, 0.717) is 6.42 Å². The number of Topliss-reactive ketones (excluding diaryl/α,β-unsaturated/α-hetero) is 1. The van der Waals surface area contributed by atoms with Crippen molar-refractivity contribution in [1.82, 2.24) is 9.78 Å². The van der Waals surface area contributed by atoms with Crippen LogP contribution in [0.4, 0.5) is 0 Å². The SMILES string of the molecule is CCC(O)C(=O)Cc1cnn(CC)c1. The molecule has 0 amide bonds. The number of rotatable bonds is 5. The molecule has 1 unspecified atom stereocenters. The Morgan fingerprint density at radius 1 is 1.64 bits per heavy atom. The average molecular weight is 196 g/mol. The number of carbonyl (C=O) groups is 1. The Balaban J connectivity index is 2.56. The summed E-state index contributed by atoms with van der Waals surface area (Å²) in [6.07, 6.45) is 3.42. The van der Waals surface area contributed by atoms with E-state index < -0.39 is 6.10 Å². The largest absolute Gasteiger partial charge is 0.385 e. The highest BCUT2D eigenvalue weighted by Gasteiger charge is 2.13. The van der Waals surface area contributed by atoms with E-state index in [1.54, 1.807) is 17.8 Å². The minimum Gasteiger partial charge on any atom is -0.385 e. The van der Waals surface area contributed by atoms with Gasteiger partial charge in [-0.3, -0.25) is 9.48 Å². The van der Waals surface area contributed by atoms with E-state index in [4.69, 9.17) is 0 Å². The maximum absolute atomic E-state index is 11.4. The Morgan fingerprint density at radius 2 is 2.36 bits per heavy atom. The molecule has 0 radical (unpaired) electrons. The van der Waals surface area contributed by atoms with Crippen LogP contribution in [-0.2, 0) is 17.8 Å². The maximum atomic E-state index is 11.4. The molecule has 4 nitrogen and oxygen atoms in total. The second-order valence-corrected chi connectivity index (χ2v) is 3.27. The molecule has 0 bridgehead atoms. The molecule has 1 rings (SSSR count). The molecule has 0 aromatic carbocycles. The van der Waals surface area contributed by atoms with Crippen molar-refractivity contribution < 1.29 is 9.90 Å². The van der Waals surface area contributed by atoms with Gasteiger partial charge in [-0.15, -0.1) is 0 Å². The van der Waals surface area contributed by atoms with E-state index in [0.717, 1.165) is 12.1 Å². The van der Waals surface area contributed by atoms with Crippen LogP contribution in [-0.4, -0.2) is 26.8 Å². The number of hydrogen-bond acceptors (Lipinski definition) is 3. The first kappa shape index (κ1) is 10.9. The van der Waals surface area contributed by atoms with Crippen molar-refractivity contribution in [3.8, 4) is 0 Å². The number of nitrogens with zero attached hydrogens (tertiary/aromatic N) is 2. The van der Waals surface area contributed by atoms with Gasteiger partial charge in [-0.1, -0.05) is 6.92 Å². The van der Waals surface area contributed by atoms with E-state index in [1.807, 2.05) is 13.1 Å². The fourth-order valence-corrected chi connectivity index (χ4v) is 1.22. The second-order valence-electron chi connectivity index (χ2n) is 3.27. The van der Waals surface area contributed by atoms with Gasteiger partial charge >= 0.3 is 0 Å². The molecule has 0 spiro atoms. The Bertz CT molecular complexity index is 307. The molecule has 0 aliphatic rings. The van der Waals surface area contributed by atoms with Gasteiger partial charge < -0.3 is 5.11 Å². The third-order valence-electron chi connectivity index (χ3n) is 2.15. The van der Waals surface area contributed by atoms with Gasteiger partial charge in [0.15, 0.2) is 5.78 Å². The van der Waals surface area contributed by atoms with Crippen molar-refractivity contribution in [3.05, 3.63) is 18.0 Å². The Morgan fingerprint density at radius 3 is 2.86 bits per heavy atom. The van der Waals surface area contributed by atoms with Crippen LogP contribution in [0.2, 0.25) is 0 Å². The summed E-state index contributed by atoms with van der Waals surface area (Å²) in [7, 11) is 0. The van der Waals surface area contributed by atoms with Crippen molar-refractivity contribution in [2.75, 3.05) is 0 Å². The lowest BCUT2D eigenvalue weighted by Gasteiger charge is -2.04. The van der Waals surface area contributed by atoms with Crippen LogP contribution in [0.1, 0.15) is 25.8 Å². The Hall–Kier alpha value is -1.16. The first-order chi connectivity index (χ1) is 6.67. The highest BCUT2D eigenvalue weighted by atomic mass is 16.3. The zero-order chi connectivity index (χ0) is 10.6. The van der Waals surface area contributed by atoms with Crippen molar-refractivity contribution >= 4 is 5.78 Å². The Kier molecular flexibility index (Phi) is 3.83. The molecule has 14 heavy (non-hydrogen) atoms. The molecular formula is C10H16N2O2. The van der Waals surface area contributed by atoms with E-state index in [9.17, 15) is 9.90 Å². The average Bonchev–Trinajstić information content (AvgIpc) is 2.64. The molecule has 78 valence electrons. The predicted octanol–water partition coefficient (Wildman–Crippen LogP) is 0.785. The van der Waals surface area contributed by atoms with Crippen LogP contribution in [0.3, 0.4) is 0 Å². The van der Waals surface area contributed by atoms with E-state index in [1.165, 1.54) is 0 Å². The lowest BCUT2D eigenvalue weighted by Crippen LogP contribution is -2.20. The lowest BCUT2D eigenvalue weighted by atomic mass is 10.1. The van der Waals surface area contributed by atoms with Gasteiger partial charge in [-0.2, -0.15) is 5.10 Å². The summed E-state index contributed by atoms with van der Waals surface area (Å²) >= 11 is 0. The van der Waals surface area contributed by atoms with Gasteiger partial charge in [0.05, 0.1) is 6.20 Å². The highest BCUT2D eigenvalue weighted by molar-refractivity contribution is 5.84. The number of aromatic nitrogens is 2. The summed E-state index contributed by atoms with van der Waals surface area (Å²) in [5, 5.41) is 13.3. The smallest absolute Gasteiger partial charge is 0.165 e. The molecule has 0 saturated carbocycles. The molecule has 0 aliphatic heterocycles. The van der Waals surface area contributed by atoms with Crippen molar-refractivity contribution in [3.63, 3.8) is 0 Å². The van der Waals surface area contributed by atoms with Crippen molar-refractivity contribution in [2.24, 2.45) is 0 Å². The zero-order valence-corrected chi connectivity index (χ0v) is 8.60. The topological polar surface area (TPSA) is 55.1 Å². The number of ketones is 1. The number of aliphatic hydroxyl groups is 1. The van der Waals surface area contributed by atoms with Crippen LogP contribution >= 0.6 is 0 Å². The van der Waals surface area contributed by atoms with Crippen LogP contribution < -0.4 is 0 Å². The number of aryl methyl sites for hydroxylation is 1. The summed E-state index contributed by atoms with van der Waals surface area (Å²) in [4.78, 5) is 11.4. The molecule has 1 atom stereocenters. The molecule has 1 N–H and O–H groups in total. The minimum atomic E-state index is -0.833. The fourth-order valence-electron chi connectivity index (χ4n) is 1.22. The molecule has 1 heterocycles. The summed E-state index contributed by atoms with van der Waals surface area (Å²) in [6, 6.07) is 0.